The second-order valence-corrected chi connectivity index (χ2v) is 2.90. The first-order valence-corrected chi connectivity index (χ1v) is 3.71. The highest BCUT2D eigenvalue weighted by molar-refractivity contribution is 6.28. The van der Waals surface area contributed by atoms with Crippen LogP contribution in [-0.2, 0) is 0 Å². The molecule has 1 aromatic heterocycles. The van der Waals surface area contributed by atoms with Crippen molar-refractivity contribution in [1.82, 2.24) is 9.97 Å². The number of hydrogen-bond donors (Lipinski definition) is 0. The van der Waals surface area contributed by atoms with Crippen molar-refractivity contribution in [2.24, 2.45) is 0 Å². The van der Waals surface area contributed by atoms with Crippen LogP contribution in [-0.4, -0.2) is 9.97 Å². The van der Waals surface area contributed by atoms with Crippen molar-refractivity contribution >= 4 is 11.6 Å². The molecule has 0 bridgehead atoms. The van der Waals surface area contributed by atoms with E-state index in [0.717, 1.165) is 5.92 Å². The molecule has 1 aliphatic carbocycles. The first-order valence-electron chi connectivity index (χ1n) is 3.34. The van der Waals surface area contributed by atoms with Crippen molar-refractivity contribution in [3.63, 3.8) is 0 Å². The van der Waals surface area contributed by atoms with Gasteiger partial charge in [-0.15, -0.1) is 0 Å². The summed E-state index contributed by atoms with van der Waals surface area (Å²) in [5.41, 5.74) is 1.23. The van der Waals surface area contributed by atoms with E-state index in [1.807, 2.05) is 12.4 Å². The maximum atomic E-state index is 5.51. The lowest BCUT2D eigenvalue weighted by molar-refractivity contribution is 1.04. The number of halogens is 1. The molecule has 1 saturated carbocycles. The molecule has 0 aliphatic heterocycles. The third-order valence-corrected chi connectivity index (χ3v) is 1.88. The van der Waals surface area contributed by atoms with Crippen molar-refractivity contribution in [3.8, 4) is 0 Å². The molecule has 0 spiro atoms. The summed E-state index contributed by atoms with van der Waals surface area (Å²) in [6.45, 7) is 0. The van der Waals surface area contributed by atoms with E-state index in [0.29, 0.717) is 5.28 Å². The average Bonchev–Trinajstić information content (AvgIpc) is 2.71. The van der Waals surface area contributed by atoms with Gasteiger partial charge in [0.25, 0.3) is 0 Å². The summed E-state index contributed by atoms with van der Waals surface area (Å²) in [5.74, 6) is 0.720. The predicted molar refractivity (Wildman–Crippen MR) is 39.0 cm³/mol. The average molecular weight is 155 g/mol. The minimum Gasteiger partial charge on any atom is -0.226 e. The van der Waals surface area contributed by atoms with Crippen LogP contribution in [0.5, 0.6) is 0 Å². The molecule has 0 N–H and O–H groups in total. The van der Waals surface area contributed by atoms with Gasteiger partial charge in [0, 0.05) is 12.4 Å². The Morgan fingerprint density at radius 3 is 2.40 bits per heavy atom. The van der Waals surface area contributed by atoms with Crippen LogP contribution >= 0.6 is 11.6 Å². The van der Waals surface area contributed by atoms with E-state index in [1.165, 1.54) is 18.4 Å². The summed E-state index contributed by atoms with van der Waals surface area (Å²) in [6.07, 6.45) is 6.19. The lowest BCUT2D eigenvalue weighted by Gasteiger charge is -1.93. The molecule has 0 amide bonds. The Balaban J connectivity index is 2.28. The van der Waals surface area contributed by atoms with Crippen molar-refractivity contribution in [2.75, 3.05) is 0 Å². The van der Waals surface area contributed by atoms with E-state index in [2.05, 4.69) is 9.97 Å². The minimum atomic E-state index is 0.337. The smallest absolute Gasteiger partial charge is 0.222 e. The Morgan fingerprint density at radius 2 is 1.90 bits per heavy atom. The van der Waals surface area contributed by atoms with Crippen LogP contribution in [0.4, 0.5) is 0 Å². The van der Waals surface area contributed by atoms with Crippen molar-refractivity contribution in [2.45, 2.75) is 18.8 Å². The molecular formula is C7H7ClN2. The molecule has 0 atom stereocenters. The van der Waals surface area contributed by atoms with Crippen molar-refractivity contribution < 1.29 is 0 Å². The fourth-order valence-corrected chi connectivity index (χ4v) is 1.05. The monoisotopic (exact) mass is 154 g/mol. The lowest BCUT2D eigenvalue weighted by Crippen LogP contribution is -1.85. The van der Waals surface area contributed by atoms with Crippen LogP contribution in [0, 0.1) is 0 Å². The second-order valence-electron chi connectivity index (χ2n) is 2.56. The first kappa shape index (κ1) is 6.10. The molecule has 0 radical (unpaired) electrons. The lowest BCUT2D eigenvalue weighted by atomic mass is 10.2. The number of nitrogens with zero attached hydrogens (tertiary/aromatic N) is 2. The van der Waals surface area contributed by atoms with E-state index >= 15 is 0 Å². The zero-order chi connectivity index (χ0) is 6.97. The van der Waals surface area contributed by atoms with Crippen LogP contribution < -0.4 is 0 Å². The van der Waals surface area contributed by atoms with Gasteiger partial charge in [0.05, 0.1) is 0 Å². The molecule has 3 heteroatoms. The Bertz CT molecular complexity index is 228. The fourth-order valence-electron chi connectivity index (χ4n) is 0.950. The molecule has 2 rings (SSSR count). The van der Waals surface area contributed by atoms with E-state index in [4.69, 9.17) is 11.6 Å². The summed E-state index contributed by atoms with van der Waals surface area (Å²) in [4.78, 5) is 7.79. The normalized spacial score (nSPS) is 17.3. The first-order chi connectivity index (χ1) is 4.86. The third kappa shape index (κ3) is 1.12. The van der Waals surface area contributed by atoms with Gasteiger partial charge in [-0.05, 0) is 35.9 Å². The maximum Gasteiger partial charge on any atom is 0.222 e. The van der Waals surface area contributed by atoms with Crippen LogP contribution in [0.3, 0.4) is 0 Å². The SMILES string of the molecule is Clc1ncc(C2CC2)cn1. The molecule has 0 unspecified atom stereocenters. The summed E-state index contributed by atoms with van der Waals surface area (Å²) >= 11 is 5.51. The molecule has 52 valence electrons. The second kappa shape index (κ2) is 2.20. The van der Waals surface area contributed by atoms with Crippen LogP contribution in [0.25, 0.3) is 0 Å². The molecule has 10 heavy (non-hydrogen) atoms. The Morgan fingerprint density at radius 1 is 1.30 bits per heavy atom. The van der Waals surface area contributed by atoms with E-state index < -0.39 is 0 Å². The highest BCUT2D eigenvalue weighted by Crippen LogP contribution is 2.39. The molecule has 1 aliphatic rings. The molecule has 0 aromatic carbocycles. The van der Waals surface area contributed by atoms with E-state index in [9.17, 15) is 0 Å². The summed E-state index contributed by atoms with van der Waals surface area (Å²) in [5, 5.41) is 0.337. The van der Waals surface area contributed by atoms with Gasteiger partial charge < -0.3 is 0 Å². The van der Waals surface area contributed by atoms with Gasteiger partial charge in [0.2, 0.25) is 5.28 Å². The minimum absolute atomic E-state index is 0.337. The van der Waals surface area contributed by atoms with E-state index in [-0.39, 0.29) is 0 Å². The molecule has 1 fully saturated rings. The van der Waals surface area contributed by atoms with Crippen LogP contribution in [0.2, 0.25) is 5.28 Å². The predicted octanol–water partition coefficient (Wildman–Crippen LogP) is 2.01. The Labute approximate surface area is 64.3 Å². The largest absolute Gasteiger partial charge is 0.226 e. The highest BCUT2D eigenvalue weighted by Gasteiger charge is 2.23. The molecule has 1 heterocycles. The van der Waals surface area contributed by atoms with Gasteiger partial charge in [-0.2, -0.15) is 0 Å². The van der Waals surface area contributed by atoms with Gasteiger partial charge in [-0.1, -0.05) is 0 Å². The number of rotatable bonds is 1. The summed E-state index contributed by atoms with van der Waals surface area (Å²) in [7, 11) is 0. The standard InChI is InChI=1S/C7H7ClN2/c8-7-9-3-6(4-10-7)5-1-2-5/h3-5H,1-2H2. The molecular weight excluding hydrogens is 148 g/mol. The van der Waals surface area contributed by atoms with Gasteiger partial charge in [0.1, 0.15) is 0 Å². The third-order valence-electron chi connectivity index (χ3n) is 1.69. The molecule has 2 nitrogen and oxygen atoms in total. The Hall–Kier alpha value is -0.630. The van der Waals surface area contributed by atoms with Gasteiger partial charge in [-0.25, -0.2) is 9.97 Å². The topological polar surface area (TPSA) is 25.8 Å². The summed E-state index contributed by atoms with van der Waals surface area (Å²) < 4.78 is 0. The van der Waals surface area contributed by atoms with Crippen LogP contribution in [0.15, 0.2) is 12.4 Å². The molecule has 1 aromatic rings. The van der Waals surface area contributed by atoms with Gasteiger partial charge >= 0.3 is 0 Å². The fraction of sp³-hybridized carbons (Fsp3) is 0.429. The molecule has 0 saturated heterocycles. The van der Waals surface area contributed by atoms with E-state index in [1.54, 1.807) is 0 Å². The number of hydrogen-bond acceptors (Lipinski definition) is 2. The quantitative estimate of drug-likeness (QED) is 0.579. The van der Waals surface area contributed by atoms with Crippen LogP contribution in [0.1, 0.15) is 24.3 Å². The van der Waals surface area contributed by atoms with Crippen molar-refractivity contribution in [1.29, 1.82) is 0 Å². The van der Waals surface area contributed by atoms with Crippen molar-refractivity contribution in [3.05, 3.63) is 23.2 Å². The van der Waals surface area contributed by atoms with Gasteiger partial charge in [-0.3, -0.25) is 0 Å². The highest BCUT2D eigenvalue weighted by atomic mass is 35.5. The zero-order valence-corrected chi connectivity index (χ0v) is 6.17. The Kier molecular flexibility index (Phi) is 1.34. The van der Waals surface area contributed by atoms with Gasteiger partial charge in [0.15, 0.2) is 0 Å². The summed E-state index contributed by atoms with van der Waals surface area (Å²) in [6, 6.07) is 0. The number of aromatic nitrogens is 2. The maximum absolute atomic E-state index is 5.51. The zero-order valence-electron chi connectivity index (χ0n) is 5.42.